The number of carbonyl (C=O) groups is 1. The highest BCUT2D eigenvalue weighted by Crippen LogP contribution is 2.24. The number of fused-ring (bicyclic) bond motifs is 1. The molecule has 2 aromatic carbocycles. The van der Waals surface area contributed by atoms with E-state index in [4.69, 9.17) is 16.3 Å². The number of aryl methyl sites for hydroxylation is 1. The Kier molecular flexibility index (Phi) is 5.54. The maximum Gasteiger partial charge on any atom is 0.352 e. The Bertz CT molecular complexity index is 1470. The van der Waals surface area contributed by atoms with Gasteiger partial charge in [0.15, 0.2) is 0 Å². The van der Waals surface area contributed by atoms with Crippen molar-refractivity contribution in [2.75, 3.05) is 12.4 Å². The molecule has 0 atom stereocenters. The molecule has 0 aliphatic rings. The second-order valence-corrected chi connectivity index (χ2v) is 7.51. The fraction of sp³-hybridized carbons (Fsp3) is 0.190. The lowest BCUT2D eigenvalue weighted by Gasteiger charge is -2.13. The highest BCUT2D eigenvalue weighted by molar-refractivity contribution is 6.33. The largest absolute Gasteiger partial charge is 0.476 e. The summed E-state index contributed by atoms with van der Waals surface area (Å²) in [5.41, 5.74) is 0.887. The van der Waals surface area contributed by atoms with Crippen LogP contribution in [-0.2, 0) is 18.4 Å². The second-order valence-electron chi connectivity index (χ2n) is 7.10. The van der Waals surface area contributed by atoms with Gasteiger partial charge < -0.3 is 10.1 Å². The van der Waals surface area contributed by atoms with Crippen LogP contribution in [0.25, 0.3) is 16.6 Å². The number of methoxy groups -OCH3 is 1. The van der Waals surface area contributed by atoms with Gasteiger partial charge in [-0.3, -0.25) is 14.3 Å². The van der Waals surface area contributed by atoms with Crippen LogP contribution in [0.3, 0.4) is 0 Å². The van der Waals surface area contributed by atoms with Crippen molar-refractivity contribution in [2.24, 2.45) is 7.05 Å². The van der Waals surface area contributed by atoms with Crippen molar-refractivity contribution in [1.82, 2.24) is 24.1 Å². The molecule has 0 fully saturated rings. The minimum Gasteiger partial charge on any atom is -0.476 e. The number of nitrogens with one attached hydrogen (secondary N) is 1. The number of hydrogen-bond donors (Lipinski definition) is 1. The van der Waals surface area contributed by atoms with E-state index in [0.29, 0.717) is 16.4 Å². The number of aromatic nitrogens is 5. The van der Waals surface area contributed by atoms with Crippen molar-refractivity contribution in [3.63, 3.8) is 0 Å². The molecule has 0 spiro atoms. The minimum atomic E-state index is -0.669. The molecule has 164 valence electrons. The summed E-state index contributed by atoms with van der Waals surface area (Å²) in [5, 5.41) is 12.1. The van der Waals surface area contributed by atoms with E-state index >= 15 is 0 Å². The first-order valence-corrected chi connectivity index (χ1v) is 9.92. The predicted octanol–water partition coefficient (Wildman–Crippen LogP) is 1.95. The minimum absolute atomic E-state index is 0.00378. The van der Waals surface area contributed by atoms with E-state index in [0.717, 1.165) is 25.7 Å². The van der Waals surface area contributed by atoms with E-state index in [1.165, 1.54) is 26.2 Å². The maximum absolute atomic E-state index is 13.2. The summed E-state index contributed by atoms with van der Waals surface area (Å²) >= 11 is 6.13. The average molecular weight is 455 g/mol. The van der Waals surface area contributed by atoms with Gasteiger partial charge in [-0.1, -0.05) is 23.7 Å². The van der Waals surface area contributed by atoms with E-state index in [2.05, 4.69) is 15.5 Å². The van der Waals surface area contributed by atoms with Crippen LogP contribution in [0.15, 0.2) is 52.2 Å². The summed E-state index contributed by atoms with van der Waals surface area (Å²) < 4.78 is 8.90. The molecule has 10 nitrogen and oxygen atoms in total. The Morgan fingerprint density at radius 3 is 2.69 bits per heavy atom. The molecule has 11 heteroatoms. The van der Waals surface area contributed by atoms with Gasteiger partial charge in [0.05, 0.1) is 41.8 Å². The summed E-state index contributed by atoms with van der Waals surface area (Å²) in [7, 11) is 3.11. The van der Waals surface area contributed by atoms with Crippen LogP contribution in [0.2, 0.25) is 5.02 Å². The molecule has 0 bridgehead atoms. The van der Waals surface area contributed by atoms with Gasteiger partial charge in [-0.05, 0) is 29.8 Å². The van der Waals surface area contributed by atoms with E-state index in [1.54, 1.807) is 16.9 Å². The average Bonchev–Trinajstić information content (AvgIpc) is 3.13. The Balaban J connectivity index is 1.85. The lowest BCUT2D eigenvalue weighted by atomic mass is 10.1. The number of halogens is 1. The highest BCUT2D eigenvalue weighted by atomic mass is 35.5. The van der Waals surface area contributed by atoms with Gasteiger partial charge in [0.1, 0.15) is 0 Å². The molecule has 0 aliphatic carbocycles. The first-order chi connectivity index (χ1) is 15.3. The zero-order valence-electron chi connectivity index (χ0n) is 17.5. The van der Waals surface area contributed by atoms with Gasteiger partial charge in [0.25, 0.3) is 5.88 Å². The van der Waals surface area contributed by atoms with Crippen molar-refractivity contribution in [3.05, 3.63) is 74.0 Å². The molecule has 0 saturated heterocycles. The van der Waals surface area contributed by atoms with E-state index in [-0.39, 0.29) is 18.3 Å². The maximum atomic E-state index is 13.2. The monoisotopic (exact) mass is 454 g/mol. The SMILES string of the molecule is COc1nn(-c2ccc(Cl)c(NC(C)=O)c2)c(=O)n(Cc2ccc3cnn(C)c3c2)c1=O. The van der Waals surface area contributed by atoms with Crippen molar-refractivity contribution in [3.8, 4) is 11.6 Å². The van der Waals surface area contributed by atoms with E-state index in [9.17, 15) is 14.4 Å². The van der Waals surface area contributed by atoms with Crippen LogP contribution in [0.1, 0.15) is 12.5 Å². The highest BCUT2D eigenvalue weighted by Gasteiger charge is 2.17. The Hall–Kier alpha value is -3.92. The predicted molar refractivity (Wildman–Crippen MR) is 120 cm³/mol. The van der Waals surface area contributed by atoms with Gasteiger partial charge in [0, 0.05) is 19.4 Å². The smallest absolute Gasteiger partial charge is 0.352 e. The van der Waals surface area contributed by atoms with Gasteiger partial charge in [-0.15, -0.1) is 5.10 Å². The molecule has 0 radical (unpaired) electrons. The fourth-order valence-electron chi connectivity index (χ4n) is 3.33. The summed E-state index contributed by atoms with van der Waals surface area (Å²) in [6.45, 7) is 1.35. The van der Waals surface area contributed by atoms with Crippen LogP contribution in [0.5, 0.6) is 5.88 Å². The molecule has 0 unspecified atom stereocenters. The molecule has 1 amide bonds. The number of nitrogens with zero attached hydrogens (tertiary/aromatic N) is 5. The van der Waals surface area contributed by atoms with Crippen molar-refractivity contribution in [1.29, 1.82) is 0 Å². The number of amides is 1. The first-order valence-electron chi connectivity index (χ1n) is 9.55. The Labute approximate surface area is 186 Å². The van der Waals surface area contributed by atoms with Gasteiger partial charge in [0.2, 0.25) is 5.91 Å². The van der Waals surface area contributed by atoms with Crippen LogP contribution in [0.4, 0.5) is 5.69 Å². The van der Waals surface area contributed by atoms with Crippen molar-refractivity contribution in [2.45, 2.75) is 13.5 Å². The van der Waals surface area contributed by atoms with Crippen molar-refractivity contribution < 1.29 is 9.53 Å². The van der Waals surface area contributed by atoms with E-state index in [1.807, 2.05) is 25.2 Å². The standard InChI is InChI=1S/C21H19ClN6O4/c1-12(29)24-17-9-15(6-7-16(17)22)28-21(31)27(20(30)19(25-28)32-3)11-13-4-5-14-10-23-26(2)18(14)8-13/h4-10H,11H2,1-3H3,(H,24,29). The molecule has 4 rings (SSSR count). The Morgan fingerprint density at radius 2 is 1.97 bits per heavy atom. The summed E-state index contributed by atoms with van der Waals surface area (Å²) in [6.07, 6.45) is 1.74. The number of ether oxygens (including phenoxy) is 1. The molecular weight excluding hydrogens is 436 g/mol. The lowest BCUT2D eigenvalue weighted by molar-refractivity contribution is -0.114. The van der Waals surface area contributed by atoms with Crippen LogP contribution < -0.4 is 21.3 Å². The molecule has 2 aromatic heterocycles. The summed E-state index contributed by atoms with van der Waals surface area (Å²) in [4.78, 5) is 37.5. The lowest BCUT2D eigenvalue weighted by Crippen LogP contribution is -2.41. The molecule has 4 aromatic rings. The number of anilines is 1. The van der Waals surface area contributed by atoms with E-state index < -0.39 is 11.2 Å². The van der Waals surface area contributed by atoms with Crippen LogP contribution >= 0.6 is 11.6 Å². The first kappa shape index (κ1) is 21.3. The topological polar surface area (TPSA) is 113 Å². The molecular formula is C21H19ClN6O4. The van der Waals surface area contributed by atoms with Crippen LogP contribution in [-0.4, -0.2) is 37.1 Å². The molecule has 2 heterocycles. The molecule has 32 heavy (non-hydrogen) atoms. The zero-order valence-corrected chi connectivity index (χ0v) is 18.3. The number of benzene rings is 2. The summed E-state index contributed by atoms with van der Waals surface area (Å²) in [6, 6.07) is 10.1. The van der Waals surface area contributed by atoms with Crippen molar-refractivity contribution >= 4 is 34.1 Å². The number of carbonyl (C=O) groups excluding carboxylic acids is 1. The van der Waals surface area contributed by atoms with Gasteiger partial charge in [-0.2, -0.15) is 9.78 Å². The normalized spacial score (nSPS) is 11.0. The quantitative estimate of drug-likeness (QED) is 0.493. The molecule has 0 aliphatic heterocycles. The Morgan fingerprint density at radius 1 is 1.19 bits per heavy atom. The zero-order chi connectivity index (χ0) is 23.0. The number of rotatable bonds is 5. The molecule has 0 saturated carbocycles. The van der Waals surface area contributed by atoms with Crippen LogP contribution in [0, 0.1) is 0 Å². The number of hydrogen-bond acceptors (Lipinski definition) is 6. The second kappa shape index (κ2) is 8.31. The molecule has 1 N–H and O–H groups in total. The third kappa shape index (κ3) is 3.87. The fourth-order valence-corrected chi connectivity index (χ4v) is 3.49. The third-order valence-electron chi connectivity index (χ3n) is 4.88. The van der Waals surface area contributed by atoms with Gasteiger partial charge in [-0.25, -0.2) is 9.36 Å². The summed E-state index contributed by atoms with van der Waals surface area (Å²) in [5.74, 6) is -0.570. The van der Waals surface area contributed by atoms with Gasteiger partial charge >= 0.3 is 11.2 Å². The third-order valence-corrected chi connectivity index (χ3v) is 5.21.